The van der Waals surface area contributed by atoms with Crippen molar-refractivity contribution in [3.8, 4) is 5.75 Å². The van der Waals surface area contributed by atoms with Gasteiger partial charge in [-0.15, -0.1) is 0 Å². The normalized spacial score (nSPS) is 11.9. The van der Waals surface area contributed by atoms with Crippen LogP contribution in [0.3, 0.4) is 0 Å². The lowest BCUT2D eigenvalue weighted by Crippen LogP contribution is -2.36. The molecule has 0 aliphatic rings. The second-order valence-corrected chi connectivity index (χ2v) is 4.51. The van der Waals surface area contributed by atoms with E-state index in [0.29, 0.717) is 13.2 Å². The lowest BCUT2D eigenvalue weighted by molar-refractivity contribution is -0.124. The van der Waals surface area contributed by atoms with E-state index in [2.05, 4.69) is 10.6 Å². The number of amides is 1. The van der Waals surface area contributed by atoms with Gasteiger partial charge in [-0.2, -0.15) is 0 Å². The number of hydrogen-bond acceptors (Lipinski definition) is 3. The van der Waals surface area contributed by atoms with Crippen molar-refractivity contribution in [2.24, 2.45) is 5.92 Å². The Balaban J connectivity index is 2.05. The van der Waals surface area contributed by atoms with Crippen molar-refractivity contribution in [3.05, 3.63) is 30.3 Å². The number of carbonyl (C=O) groups excluding carboxylic acids is 1. The molecule has 4 nitrogen and oxygen atoms in total. The van der Waals surface area contributed by atoms with Gasteiger partial charge < -0.3 is 15.4 Å². The Morgan fingerprint density at radius 2 is 2.05 bits per heavy atom. The molecule has 0 heterocycles. The average Bonchev–Trinajstić information content (AvgIpc) is 2.45. The molecule has 19 heavy (non-hydrogen) atoms. The van der Waals surface area contributed by atoms with Gasteiger partial charge in [-0.1, -0.05) is 32.0 Å². The average molecular weight is 264 g/mol. The third kappa shape index (κ3) is 6.82. The summed E-state index contributed by atoms with van der Waals surface area (Å²) >= 11 is 0. The quantitative estimate of drug-likeness (QED) is 0.669. The summed E-state index contributed by atoms with van der Waals surface area (Å²) in [5.41, 5.74) is 0. The van der Waals surface area contributed by atoms with E-state index >= 15 is 0 Å². The Hall–Kier alpha value is -1.55. The first-order valence-corrected chi connectivity index (χ1v) is 6.90. The number of hydrogen-bond donors (Lipinski definition) is 2. The molecule has 2 N–H and O–H groups in total. The third-order valence-electron chi connectivity index (χ3n) is 2.78. The molecule has 1 unspecified atom stereocenters. The lowest BCUT2D eigenvalue weighted by Gasteiger charge is -2.12. The van der Waals surface area contributed by atoms with Crippen molar-refractivity contribution < 1.29 is 9.53 Å². The monoisotopic (exact) mass is 264 g/mol. The number of ether oxygens (including phenoxy) is 1. The highest BCUT2D eigenvalue weighted by Crippen LogP contribution is 2.08. The number of carbonyl (C=O) groups is 1. The molecular weight excluding hydrogens is 240 g/mol. The van der Waals surface area contributed by atoms with E-state index in [0.717, 1.165) is 25.3 Å². The van der Waals surface area contributed by atoms with Gasteiger partial charge in [0.1, 0.15) is 5.75 Å². The number of rotatable bonds is 9. The summed E-state index contributed by atoms with van der Waals surface area (Å²) in [5, 5.41) is 6.09. The van der Waals surface area contributed by atoms with Crippen LogP contribution in [0.2, 0.25) is 0 Å². The second-order valence-electron chi connectivity index (χ2n) is 4.51. The summed E-state index contributed by atoms with van der Waals surface area (Å²) in [6, 6.07) is 9.70. The topological polar surface area (TPSA) is 50.4 Å². The number of para-hydroxylation sites is 1. The molecule has 1 rings (SSSR count). The Labute approximate surface area is 115 Å². The van der Waals surface area contributed by atoms with E-state index in [1.807, 2.05) is 44.2 Å². The zero-order valence-electron chi connectivity index (χ0n) is 11.8. The predicted molar refractivity (Wildman–Crippen MR) is 77.3 cm³/mol. The largest absolute Gasteiger partial charge is 0.494 e. The minimum Gasteiger partial charge on any atom is -0.494 e. The maximum Gasteiger partial charge on any atom is 0.224 e. The van der Waals surface area contributed by atoms with Gasteiger partial charge in [0.25, 0.3) is 0 Å². The highest BCUT2D eigenvalue weighted by molar-refractivity contribution is 5.78. The smallest absolute Gasteiger partial charge is 0.224 e. The minimum atomic E-state index is 0.00925. The van der Waals surface area contributed by atoms with Crippen LogP contribution in [0.5, 0.6) is 5.75 Å². The van der Waals surface area contributed by atoms with Crippen molar-refractivity contribution in [2.75, 3.05) is 26.2 Å². The molecule has 0 aromatic heterocycles. The molecule has 0 bridgehead atoms. The molecule has 0 aliphatic heterocycles. The van der Waals surface area contributed by atoms with Gasteiger partial charge in [0.2, 0.25) is 5.91 Å². The molecule has 106 valence electrons. The summed E-state index contributed by atoms with van der Waals surface area (Å²) in [6.45, 7) is 6.85. The summed E-state index contributed by atoms with van der Waals surface area (Å²) in [7, 11) is 0. The van der Waals surface area contributed by atoms with Crippen LogP contribution in [0.1, 0.15) is 20.3 Å². The SMILES string of the molecule is CCNCC(C)C(=O)NCCCOc1ccccc1. The first-order valence-electron chi connectivity index (χ1n) is 6.90. The van der Waals surface area contributed by atoms with Crippen LogP contribution in [0.15, 0.2) is 30.3 Å². The van der Waals surface area contributed by atoms with Crippen molar-refractivity contribution in [2.45, 2.75) is 20.3 Å². The van der Waals surface area contributed by atoms with E-state index in [1.165, 1.54) is 0 Å². The first kappa shape index (κ1) is 15.5. The maximum absolute atomic E-state index is 11.7. The van der Waals surface area contributed by atoms with Gasteiger partial charge >= 0.3 is 0 Å². The van der Waals surface area contributed by atoms with Crippen LogP contribution in [-0.2, 0) is 4.79 Å². The van der Waals surface area contributed by atoms with E-state index in [1.54, 1.807) is 0 Å². The molecule has 1 amide bonds. The zero-order chi connectivity index (χ0) is 13.9. The zero-order valence-corrected chi connectivity index (χ0v) is 11.8. The van der Waals surface area contributed by atoms with E-state index in [4.69, 9.17) is 4.74 Å². The van der Waals surface area contributed by atoms with Gasteiger partial charge in [-0.25, -0.2) is 0 Å². The standard InChI is InChI=1S/C15H24N2O2/c1-3-16-12-13(2)15(18)17-10-7-11-19-14-8-5-4-6-9-14/h4-6,8-9,13,16H,3,7,10-12H2,1-2H3,(H,17,18). The van der Waals surface area contributed by atoms with Gasteiger partial charge in [0, 0.05) is 19.0 Å². The van der Waals surface area contributed by atoms with Crippen LogP contribution in [0.4, 0.5) is 0 Å². The molecule has 1 aromatic rings. The van der Waals surface area contributed by atoms with Crippen LogP contribution in [-0.4, -0.2) is 32.1 Å². The molecular formula is C15H24N2O2. The van der Waals surface area contributed by atoms with Gasteiger partial charge in [0.15, 0.2) is 0 Å². The molecule has 1 atom stereocenters. The number of benzene rings is 1. The maximum atomic E-state index is 11.7. The summed E-state index contributed by atoms with van der Waals surface area (Å²) in [5.74, 6) is 0.977. The van der Waals surface area contributed by atoms with E-state index < -0.39 is 0 Å². The van der Waals surface area contributed by atoms with Crippen LogP contribution in [0, 0.1) is 5.92 Å². The Morgan fingerprint density at radius 3 is 2.74 bits per heavy atom. The van der Waals surface area contributed by atoms with E-state index in [9.17, 15) is 4.79 Å². The molecule has 1 aromatic carbocycles. The van der Waals surface area contributed by atoms with Gasteiger partial charge in [0.05, 0.1) is 6.61 Å². The minimum absolute atomic E-state index is 0.00925. The van der Waals surface area contributed by atoms with E-state index in [-0.39, 0.29) is 11.8 Å². The Kier molecular flexibility index (Phi) is 7.66. The Bertz CT molecular complexity index is 354. The van der Waals surface area contributed by atoms with Crippen molar-refractivity contribution in [1.29, 1.82) is 0 Å². The second kappa shape index (κ2) is 9.39. The van der Waals surface area contributed by atoms with Crippen molar-refractivity contribution in [3.63, 3.8) is 0 Å². The lowest BCUT2D eigenvalue weighted by atomic mass is 10.1. The van der Waals surface area contributed by atoms with Gasteiger partial charge in [-0.3, -0.25) is 4.79 Å². The third-order valence-corrected chi connectivity index (χ3v) is 2.78. The molecule has 0 fully saturated rings. The summed E-state index contributed by atoms with van der Waals surface area (Å²) in [4.78, 5) is 11.7. The molecule has 0 saturated heterocycles. The fourth-order valence-corrected chi connectivity index (χ4v) is 1.62. The van der Waals surface area contributed by atoms with Gasteiger partial charge in [-0.05, 0) is 25.1 Å². The fraction of sp³-hybridized carbons (Fsp3) is 0.533. The predicted octanol–water partition coefficient (Wildman–Crippen LogP) is 1.82. The molecule has 0 aliphatic carbocycles. The highest BCUT2D eigenvalue weighted by Gasteiger charge is 2.10. The molecule has 0 saturated carbocycles. The molecule has 0 spiro atoms. The summed E-state index contributed by atoms with van der Waals surface area (Å²) < 4.78 is 5.55. The van der Waals surface area contributed by atoms with Crippen LogP contribution in [0.25, 0.3) is 0 Å². The van der Waals surface area contributed by atoms with Crippen LogP contribution < -0.4 is 15.4 Å². The van der Waals surface area contributed by atoms with Crippen molar-refractivity contribution in [1.82, 2.24) is 10.6 Å². The number of nitrogens with one attached hydrogen (secondary N) is 2. The fourth-order valence-electron chi connectivity index (χ4n) is 1.62. The van der Waals surface area contributed by atoms with Crippen LogP contribution >= 0.6 is 0 Å². The molecule has 0 radical (unpaired) electrons. The highest BCUT2D eigenvalue weighted by atomic mass is 16.5. The Morgan fingerprint density at radius 1 is 1.32 bits per heavy atom. The van der Waals surface area contributed by atoms with Crippen molar-refractivity contribution >= 4 is 5.91 Å². The summed E-state index contributed by atoms with van der Waals surface area (Å²) in [6.07, 6.45) is 0.814. The first-order chi connectivity index (χ1) is 9.24. The molecule has 4 heteroatoms.